The number of nitriles is 1. The molecular weight excluding hydrogens is 212 g/mol. The highest BCUT2D eigenvalue weighted by Crippen LogP contribution is 2.30. The van der Waals surface area contributed by atoms with E-state index in [0.717, 1.165) is 11.3 Å². The minimum atomic E-state index is -0.275. The Bertz CT molecular complexity index is 401. The van der Waals surface area contributed by atoms with Crippen molar-refractivity contribution in [1.82, 2.24) is 5.32 Å². The van der Waals surface area contributed by atoms with Gasteiger partial charge in [0.1, 0.15) is 18.4 Å². The Hall–Kier alpha value is -1.53. The second-order valence-corrected chi connectivity index (χ2v) is 5.03. The topological polar surface area (TPSA) is 45.0 Å². The lowest BCUT2D eigenvalue weighted by Crippen LogP contribution is -2.30. The maximum atomic E-state index is 8.84. The van der Waals surface area contributed by atoms with Crippen LogP contribution in [0.3, 0.4) is 0 Å². The molecule has 0 bridgehead atoms. The summed E-state index contributed by atoms with van der Waals surface area (Å²) in [6.07, 6.45) is 0. The Morgan fingerprint density at radius 1 is 1.35 bits per heavy atom. The van der Waals surface area contributed by atoms with Crippen LogP contribution in [0, 0.1) is 11.3 Å². The van der Waals surface area contributed by atoms with Gasteiger partial charge in [0, 0.05) is 0 Å². The molecule has 0 aliphatic heterocycles. The van der Waals surface area contributed by atoms with Crippen LogP contribution >= 0.6 is 0 Å². The second-order valence-electron chi connectivity index (χ2n) is 5.03. The van der Waals surface area contributed by atoms with Crippen molar-refractivity contribution in [3.63, 3.8) is 0 Å². The zero-order valence-electron chi connectivity index (χ0n) is 10.9. The lowest BCUT2D eigenvalue weighted by atomic mass is 9.86. The van der Waals surface area contributed by atoms with E-state index in [1.54, 1.807) is 7.05 Å². The van der Waals surface area contributed by atoms with Gasteiger partial charge in [-0.3, -0.25) is 0 Å². The summed E-state index contributed by atoms with van der Waals surface area (Å²) in [6.45, 7) is 6.80. The Kier molecular flexibility index (Phi) is 4.53. The molecule has 0 spiro atoms. The highest BCUT2D eigenvalue weighted by Gasteiger charge is 2.18. The summed E-state index contributed by atoms with van der Waals surface area (Å²) in [5.41, 5.74) is 1.20. The average Bonchev–Trinajstić information content (AvgIpc) is 2.29. The fourth-order valence-electron chi connectivity index (χ4n) is 1.57. The van der Waals surface area contributed by atoms with Gasteiger partial charge in [-0.1, -0.05) is 39.0 Å². The standard InChI is InChI=1S/C14H20N2O/c1-14(2,3)12-7-5-6-8-13(12)17-10-11(9-15)16-4/h5-8,11,16H,10H2,1-4H3. The summed E-state index contributed by atoms with van der Waals surface area (Å²) in [5, 5.41) is 11.7. The van der Waals surface area contributed by atoms with Crippen LogP contribution in [0.1, 0.15) is 26.3 Å². The third-order valence-electron chi connectivity index (χ3n) is 2.60. The van der Waals surface area contributed by atoms with Gasteiger partial charge in [-0.05, 0) is 24.1 Å². The number of nitrogens with zero attached hydrogens (tertiary/aromatic N) is 1. The van der Waals surface area contributed by atoms with Crippen molar-refractivity contribution in [2.45, 2.75) is 32.2 Å². The molecule has 0 amide bonds. The van der Waals surface area contributed by atoms with Crippen LogP contribution in [0.4, 0.5) is 0 Å². The van der Waals surface area contributed by atoms with Gasteiger partial charge < -0.3 is 10.1 Å². The highest BCUT2D eigenvalue weighted by atomic mass is 16.5. The molecule has 1 atom stereocenters. The molecule has 1 aromatic rings. The molecule has 0 saturated heterocycles. The fourth-order valence-corrected chi connectivity index (χ4v) is 1.57. The fraction of sp³-hybridized carbons (Fsp3) is 0.500. The van der Waals surface area contributed by atoms with Crippen LogP contribution < -0.4 is 10.1 Å². The van der Waals surface area contributed by atoms with Crippen LogP contribution in [0.25, 0.3) is 0 Å². The molecular formula is C14H20N2O. The quantitative estimate of drug-likeness (QED) is 0.867. The van der Waals surface area contributed by atoms with E-state index in [1.807, 2.05) is 18.2 Å². The van der Waals surface area contributed by atoms with Crippen LogP contribution in [0.15, 0.2) is 24.3 Å². The Balaban J connectivity index is 2.82. The number of hydrogen-bond donors (Lipinski definition) is 1. The van der Waals surface area contributed by atoms with Crippen molar-refractivity contribution in [3.8, 4) is 11.8 Å². The van der Waals surface area contributed by atoms with Crippen molar-refractivity contribution in [2.75, 3.05) is 13.7 Å². The van der Waals surface area contributed by atoms with E-state index in [0.29, 0.717) is 6.61 Å². The van der Waals surface area contributed by atoms with Crippen LogP contribution in [0.5, 0.6) is 5.75 Å². The predicted octanol–water partition coefficient (Wildman–Crippen LogP) is 2.47. The van der Waals surface area contributed by atoms with E-state index < -0.39 is 0 Å². The van der Waals surface area contributed by atoms with E-state index in [4.69, 9.17) is 10.00 Å². The Morgan fingerprint density at radius 2 is 2.00 bits per heavy atom. The molecule has 1 unspecified atom stereocenters. The number of nitrogens with one attached hydrogen (secondary N) is 1. The molecule has 92 valence electrons. The minimum absolute atomic E-state index is 0.0401. The zero-order chi connectivity index (χ0) is 12.9. The number of ether oxygens (including phenoxy) is 1. The van der Waals surface area contributed by atoms with E-state index in [-0.39, 0.29) is 11.5 Å². The Labute approximate surface area is 103 Å². The molecule has 0 radical (unpaired) electrons. The summed E-state index contributed by atoms with van der Waals surface area (Å²) in [6, 6.07) is 9.84. The number of para-hydroxylation sites is 1. The van der Waals surface area contributed by atoms with Gasteiger partial charge in [0.2, 0.25) is 0 Å². The first kappa shape index (κ1) is 13.5. The number of likely N-dealkylation sites (N-methyl/N-ethyl adjacent to an activating group) is 1. The molecule has 0 aliphatic carbocycles. The van der Waals surface area contributed by atoms with Crippen LogP contribution in [0.2, 0.25) is 0 Å². The van der Waals surface area contributed by atoms with Crippen molar-refractivity contribution in [3.05, 3.63) is 29.8 Å². The first-order valence-corrected chi connectivity index (χ1v) is 5.78. The van der Waals surface area contributed by atoms with E-state index in [1.165, 1.54) is 0 Å². The smallest absolute Gasteiger partial charge is 0.129 e. The maximum absolute atomic E-state index is 8.84. The van der Waals surface area contributed by atoms with Crippen molar-refractivity contribution >= 4 is 0 Å². The molecule has 0 aromatic heterocycles. The molecule has 0 aliphatic rings. The van der Waals surface area contributed by atoms with E-state index in [2.05, 4.69) is 38.2 Å². The highest BCUT2D eigenvalue weighted by molar-refractivity contribution is 5.38. The molecule has 0 saturated carbocycles. The van der Waals surface area contributed by atoms with Crippen molar-refractivity contribution < 1.29 is 4.74 Å². The van der Waals surface area contributed by atoms with Gasteiger partial charge in [-0.15, -0.1) is 0 Å². The minimum Gasteiger partial charge on any atom is -0.491 e. The van der Waals surface area contributed by atoms with Gasteiger partial charge in [0.25, 0.3) is 0 Å². The van der Waals surface area contributed by atoms with Gasteiger partial charge in [-0.2, -0.15) is 5.26 Å². The molecule has 3 nitrogen and oxygen atoms in total. The number of rotatable bonds is 4. The summed E-state index contributed by atoms with van der Waals surface area (Å²) in [5.74, 6) is 0.857. The first-order valence-electron chi connectivity index (χ1n) is 5.78. The van der Waals surface area contributed by atoms with Crippen LogP contribution in [-0.2, 0) is 5.41 Å². The average molecular weight is 232 g/mol. The predicted molar refractivity (Wildman–Crippen MR) is 69.1 cm³/mol. The summed E-state index contributed by atoms with van der Waals surface area (Å²) in [4.78, 5) is 0. The van der Waals surface area contributed by atoms with E-state index >= 15 is 0 Å². The van der Waals surface area contributed by atoms with Crippen molar-refractivity contribution in [2.24, 2.45) is 0 Å². The molecule has 0 fully saturated rings. The first-order chi connectivity index (χ1) is 7.99. The number of hydrogen-bond acceptors (Lipinski definition) is 3. The second kappa shape index (κ2) is 5.70. The third kappa shape index (κ3) is 3.76. The normalized spacial score (nSPS) is 12.9. The molecule has 1 aromatic carbocycles. The molecule has 17 heavy (non-hydrogen) atoms. The van der Waals surface area contributed by atoms with Gasteiger partial charge in [0.05, 0.1) is 6.07 Å². The molecule has 3 heteroatoms. The lowest BCUT2D eigenvalue weighted by molar-refractivity contribution is 0.287. The summed E-state index contributed by atoms with van der Waals surface area (Å²) >= 11 is 0. The molecule has 1 rings (SSSR count). The van der Waals surface area contributed by atoms with Crippen LogP contribution in [-0.4, -0.2) is 19.7 Å². The maximum Gasteiger partial charge on any atom is 0.129 e. The lowest BCUT2D eigenvalue weighted by Gasteiger charge is -2.23. The van der Waals surface area contributed by atoms with Crippen molar-refractivity contribution in [1.29, 1.82) is 5.26 Å². The van der Waals surface area contributed by atoms with Gasteiger partial charge in [-0.25, -0.2) is 0 Å². The van der Waals surface area contributed by atoms with Gasteiger partial charge in [0.15, 0.2) is 0 Å². The zero-order valence-corrected chi connectivity index (χ0v) is 10.9. The number of benzene rings is 1. The SMILES string of the molecule is CNC(C#N)COc1ccccc1C(C)(C)C. The molecule has 1 N–H and O–H groups in total. The third-order valence-corrected chi connectivity index (χ3v) is 2.60. The Morgan fingerprint density at radius 3 is 2.53 bits per heavy atom. The van der Waals surface area contributed by atoms with E-state index in [9.17, 15) is 0 Å². The monoisotopic (exact) mass is 232 g/mol. The van der Waals surface area contributed by atoms with Gasteiger partial charge >= 0.3 is 0 Å². The summed E-state index contributed by atoms with van der Waals surface area (Å²) in [7, 11) is 1.76. The summed E-state index contributed by atoms with van der Waals surface area (Å²) < 4.78 is 5.72. The molecule has 0 heterocycles. The largest absolute Gasteiger partial charge is 0.491 e.